The number of aromatic nitrogens is 5. The fraction of sp³-hybridized carbons (Fsp3) is 0.167. The zero-order chi connectivity index (χ0) is 17.4. The molecule has 3 heterocycles. The Morgan fingerprint density at radius 2 is 1.96 bits per heavy atom. The second-order valence-electron chi connectivity index (χ2n) is 5.79. The molecule has 1 aromatic carbocycles. The Morgan fingerprint density at radius 3 is 2.76 bits per heavy atom. The lowest BCUT2D eigenvalue weighted by molar-refractivity contribution is 0.793. The third-order valence-electron chi connectivity index (χ3n) is 4.03. The Kier molecular flexibility index (Phi) is 4.23. The molecule has 0 aliphatic heterocycles. The molecule has 0 fully saturated rings. The van der Waals surface area contributed by atoms with E-state index in [1.54, 1.807) is 11.8 Å². The highest BCUT2D eigenvalue weighted by molar-refractivity contribution is 7.98. The molecule has 126 valence electrons. The quantitative estimate of drug-likeness (QED) is 0.501. The average Bonchev–Trinajstić information content (AvgIpc) is 3.18. The van der Waals surface area contributed by atoms with Crippen LogP contribution in [0, 0.1) is 6.92 Å². The molecule has 0 spiro atoms. The van der Waals surface area contributed by atoms with Crippen molar-refractivity contribution < 1.29 is 0 Å². The van der Waals surface area contributed by atoms with E-state index in [9.17, 15) is 0 Å². The highest BCUT2D eigenvalue weighted by atomic mass is 35.5. The maximum Gasteiger partial charge on any atom is 0.191 e. The zero-order valence-corrected chi connectivity index (χ0v) is 15.4. The Balaban J connectivity index is 1.57. The SMILES string of the molecule is Cc1cccn2cc(CSc3nnc(-c4ccccc4Cl)n3C)nc12. The summed E-state index contributed by atoms with van der Waals surface area (Å²) in [5.74, 6) is 1.49. The predicted molar refractivity (Wildman–Crippen MR) is 101 cm³/mol. The molecule has 4 rings (SSSR count). The third-order valence-corrected chi connectivity index (χ3v) is 5.41. The lowest BCUT2D eigenvalue weighted by atomic mass is 10.2. The second kappa shape index (κ2) is 6.54. The molecule has 5 nitrogen and oxygen atoms in total. The predicted octanol–water partition coefficient (Wildman–Crippen LogP) is 4.38. The smallest absolute Gasteiger partial charge is 0.191 e. The number of aryl methyl sites for hydroxylation is 1. The van der Waals surface area contributed by atoms with E-state index in [2.05, 4.69) is 33.8 Å². The molecule has 0 bridgehead atoms. The van der Waals surface area contributed by atoms with Crippen molar-refractivity contribution in [3.8, 4) is 11.4 Å². The Bertz CT molecular complexity index is 1050. The highest BCUT2D eigenvalue weighted by Crippen LogP contribution is 2.29. The van der Waals surface area contributed by atoms with Gasteiger partial charge in [-0.05, 0) is 30.7 Å². The normalized spacial score (nSPS) is 11.3. The highest BCUT2D eigenvalue weighted by Gasteiger charge is 2.14. The van der Waals surface area contributed by atoms with Crippen LogP contribution >= 0.6 is 23.4 Å². The van der Waals surface area contributed by atoms with Crippen LogP contribution in [0.2, 0.25) is 5.02 Å². The number of fused-ring (bicyclic) bond motifs is 1. The van der Waals surface area contributed by atoms with E-state index in [0.717, 1.165) is 33.6 Å². The molecule has 0 radical (unpaired) electrons. The first-order valence-electron chi connectivity index (χ1n) is 7.84. The van der Waals surface area contributed by atoms with Gasteiger partial charge in [0.1, 0.15) is 5.65 Å². The minimum atomic E-state index is 0.672. The fourth-order valence-electron chi connectivity index (χ4n) is 2.73. The van der Waals surface area contributed by atoms with Crippen LogP contribution in [0.25, 0.3) is 17.0 Å². The van der Waals surface area contributed by atoms with E-state index in [4.69, 9.17) is 16.6 Å². The number of nitrogens with zero attached hydrogens (tertiary/aromatic N) is 5. The van der Waals surface area contributed by atoms with Crippen LogP contribution in [-0.4, -0.2) is 24.1 Å². The summed E-state index contributed by atoms with van der Waals surface area (Å²) in [6.07, 6.45) is 4.07. The minimum absolute atomic E-state index is 0.672. The number of pyridine rings is 1. The molecule has 0 N–H and O–H groups in total. The monoisotopic (exact) mass is 369 g/mol. The van der Waals surface area contributed by atoms with E-state index >= 15 is 0 Å². The van der Waals surface area contributed by atoms with Gasteiger partial charge in [-0.25, -0.2) is 4.98 Å². The number of hydrogen-bond acceptors (Lipinski definition) is 4. The van der Waals surface area contributed by atoms with Gasteiger partial charge in [0.15, 0.2) is 11.0 Å². The van der Waals surface area contributed by atoms with Crippen LogP contribution in [0.4, 0.5) is 0 Å². The Morgan fingerprint density at radius 1 is 1.12 bits per heavy atom. The zero-order valence-electron chi connectivity index (χ0n) is 13.8. The van der Waals surface area contributed by atoms with Gasteiger partial charge in [-0.3, -0.25) is 0 Å². The van der Waals surface area contributed by atoms with Gasteiger partial charge < -0.3 is 8.97 Å². The molecule has 0 unspecified atom stereocenters. The first-order chi connectivity index (χ1) is 12.1. The number of halogens is 1. The van der Waals surface area contributed by atoms with Gasteiger partial charge in [-0.1, -0.05) is 41.6 Å². The summed E-state index contributed by atoms with van der Waals surface area (Å²) in [4.78, 5) is 4.70. The maximum absolute atomic E-state index is 6.27. The molecular formula is C18H16ClN5S. The van der Waals surface area contributed by atoms with Crippen molar-refractivity contribution in [3.05, 3.63) is 65.1 Å². The van der Waals surface area contributed by atoms with Crippen molar-refractivity contribution in [2.24, 2.45) is 7.05 Å². The average molecular weight is 370 g/mol. The molecule has 0 aliphatic carbocycles. The topological polar surface area (TPSA) is 48.0 Å². The molecule has 4 aromatic rings. The lowest BCUT2D eigenvalue weighted by Gasteiger charge is -2.04. The number of thioether (sulfide) groups is 1. The van der Waals surface area contributed by atoms with Gasteiger partial charge >= 0.3 is 0 Å². The molecule has 0 atom stereocenters. The number of imidazole rings is 1. The summed E-state index contributed by atoms with van der Waals surface area (Å²) in [6.45, 7) is 2.07. The van der Waals surface area contributed by atoms with Gasteiger partial charge in [0.2, 0.25) is 0 Å². The maximum atomic E-state index is 6.27. The number of hydrogen-bond donors (Lipinski definition) is 0. The summed E-state index contributed by atoms with van der Waals surface area (Å²) in [6, 6.07) is 11.8. The van der Waals surface area contributed by atoms with Crippen LogP contribution in [0.15, 0.2) is 53.9 Å². The van der Waals surface area contributed by atoms with Crippen LogP contribution < -0.4 is 0 Å². The van der Waals surface area contributed by atoms with Crippen molar-refractivity contribution >= 4 is 29.0 Å². The van der Waals surface area contributed by atoms with E-state index < -0.39 is 0 Å². The standard InChI is InChI=1S/C18H16ClN5S/c1-12-6-5-9-24-10-13(20-16(12)24)11-25-18-22-21-17(23(18)2)14-7-3-4-8-15(14)19/h3-10H,11H2,1-2H3. The van der Waals surface area contributed by atoms with Crippen molar-refractivity contribution in [3.63, 3.8) is 0 Å². The van der Waals surface area contributed by atoms with Crippen molar-refractivity contribution in [2.45, 2.75) is 17.8 Å². The summed E-state index contributed by atoms with van der Waals surface area (Å²) >= 11 is 7.89. The van der Waals surface area contributed by atoms with Gasteiger partial charge in [-0.15, -0.1) is 10.2 Å². The number of rotatable bonds is 4. The van der Waals surface area contributed by atoms with E-state index in [1.807, 2.05) is 48.1 Å². The molecule has 7 heteroatoms. The van der Waals surface area contributed by atoms with Crippen LogP contribution in [0.3, 0.4) is 0 Å². The summed E-state index contributed by atoms with van der Waals surface area (Å²) < 4.78 is 4.02. The van der Waals surface area contributed by atoms with E-state index in [0.29, 0.717) is 5.02 Å². The van der Waals surface area contributed by atoms with Crippen LogP contribution in [0.5, 0.6) is 0 Å². The van der Waals surface area contributed by atoms with Crippen molar-refractivity contribution in [1.29, 1.82) is 0 Å². The summed E-state index contributed by atoms with van der Waals surface area (Å²) in [5.41, 5.74) is 4.06. The van der Waals surface area contributed by atoms with Crippen LogP contribution in [-0.2, 0) is 12.8 Å². The first-order valence-corrected chi connectivity index (χ1v) is 9.20. The largest absolute Gasteiger partial charge is 0.307 e. The first kappa shape index (κ1) is 16.2. The van der Waals surface area contributed by atoms with Gasteiger partial charge in [-0.2, -0.15) is 0 Å². The summed E-state index contributed by atoms with van der Waals surface area (Å²) in [7, 11) is 1.95. The lowest BCUT2D eigenvalue weighted by Crippen LogP contribution is -1.95. The van der Waals surface area contributed by atoms with Crippen LogP contribution in [0.1, 0.15) is 11.3 Å². The molecule has 25 heavy (non-hydrogen) atoms. The van der Waals surface area contributed by atoms with E-state index in [-0.39, 0.29) is 0 Å². The van der Waals surface area contributed by atoms with E-state index in [1.165, 1.54) is 5.56 Å². The molecule has 0 saturated carbocycles. The van der Waals surface area contributed by atoms with Crippen molar-refractivity contribution in [2.75, 3.05) is 0 Å². The second-order valence-corrected chi connectivity index (χ2v) is 7.14. The summed E-state index contributed by atoms with van der Waals surface area (Å²) in [5, 5.41) is 10.1. The molecule has 3 aromatic heterocycles. The van der Waals surface area contributed by atoms with Gasteiger partial charge in [0.05, 0.1) is 10.7 Å². The molecule has 0 saturated heterocycles. The van der Waals surface area contributed by atoms with Gasteiger partial charge in [0.25, 0.3) is 0 Å². The third kappa shape index (κ3) is 3.03. The molecule has 0 amide bonds. The Labute approximate surface area is 154 Å². The Hall–Kier alpha value is -2.31. The molecule has 0 aliphatic rings. The fourth-order valence-corrected chi connectivity index (χ4v) is 3.75. The number of benzene rings is 1. The minimum Gasteiger partial charge on any atom is -0.307 e. The van der Waals surface area contributed by atoms with Crippen molar-refractivity contribution in [1.82, 2.24) is 24.1 Å². The molecular weight excluding hydrogens is 354 g/mol. The van der Waals surface area contributed by atoms with Gasteiger partial charge in [0, 0.05) is 30.8 Å².